The Labute approximate surface area is 164 Å². The number of anilines is 2. The van der Waals surface area contributed by atoms with Gasteiger partial charge in [0, 0.05) is 22.2 Å². The lowest BCUT2D eigenvalue weighted by Crippen LogP contribution is -2.21. The van der Waals surface area contributed by atoms with Crippen LogP contribution in [0.1, 0.15) is 41.6 Å². The maximum Gasteiger partial charge on any atom is 0.255 e. The first-order valence-electron chi connectivity index (χ1n) is 9.04. The van der Waals surface area contributed by atoms with Crippen LogP contribution in [0.5, 0.6) is 5.75 Å². The molecule has 1 fully saturated rings. The number of nitrogens with one attached hydrogen (secondary N) is 2. The first-order chi connectivity index (χ1) is 13.0. The Morgan fingerprint density at radius 2 is 1.81 bits per heavy atom. The second kappa shape index (κ2) is 8.44. The predicted octanol–water partition coefficient (Wildman–Crippen LogP) is 5.04. The minimum absolute atomic E-state index is 0.0170. The minimum atomic E-state index is -0.268. The number of rotatable bonds is 5. The van der Waals surface area contributed by atoms with Gasteiger partial charge in [-0.1, -0.05) is 24.4 Å². The van der Waals surface area contributed by atoms with E-state index in [1.54, 1.807) is 30.3 Å². The Morgan fingerprint density at radius 3 is 2.48 bits per heavy atom. The summed E-state index contributed by atoms with van der Waals surface area (Å²) in [4.78, 5) is 25.1. The second-order valence-corrected chi connectivity index (χ2v) is 7.21. The maximum atomic E-state index is 12.6. The Bertz CT molecular complexity index is 861. The standard InChI is InChI=1S/C21H23ClN2O3/c1-13-11-16(8-9-17(13)22)23-21(26)15-7-10-19(27-2)18(12-15)24-20(25)14-5-3-4-6-14/h7-12,14H,3-6H2,1-2H3,(H,23,26)(H,24,25). The van der Waals surface area contributed by atoms with Gasteiger partial charge in [0.2, 0.25) is 5.91 Å². The molecule has 0 spiro atoms. The molecule has 2 N–H and O–H groups in total. The van der Waals surface area contributed by atoms with E-state index in [0.717, 1.165) is 31.2 Å². The van der Waals surface area contributed by atoms with Crippen molar-refractivity contribution in [1.29, 1.82) is 0 Å². The van der Waals surface area contributed by atoms with E-state index in [2.05, 4.69) is 10.6 Å². The van der Waals surface area contributed by atoms with E-state index in [9.17, 15) is 9.59 Å². The van der Waals surface area contributed by atoms with Crippen molar-refractivity contribution in [1.82, 2.24) is 0 Å². The van der Waals surface area contributed by atoms with Crippen LogP contribution in [0.4, 0.5) is 11.4 Å². The number of aryl methyl sites for hydroxylation is 1. The summed E-state index contributed by atoms with van der Waals surface area (Å²) in [6, 6.07) is 10.3. The van der Waals surface area contributed by atoms with Crippen LogP contribution in [0.3, 0.4) is 0 Å². The first kappa shape index (κ1) is 19.2. The Kier molecular flexibility index (Phi) is 6.01. The van der Waals surface area contributed by atoms with Gasteiger partial charge in [-0.15, -0.1) is 0 Å². The van der Waals surface area contributed by atoms with Crippen LogP contribution in [0.2, 0.25) is 5.02 Å². The van der Waals surface area contributed by atoms with Crippen LogP contribution in [0.25, 0.3) is 0 Å². The number of amides is 2. The van der Waals surface area contributed by atoms with Crippen LogP contribution < -0.4 is 15.4 Å². The molecule has 5 nitrogen and oxygen atoms in total. The molecule has 27 heavy (non-hydrogen) atoms. The van der Waals surface area contributed by atoms with E-state index in [4.69, 9.17) is 16.3 Å². The predicted molar refractivity (Wildman–Crippen MR) is 108 cm³/mol. The smallest absolute Gasteiger partial charge is 0.255 e. The van der Waals surface area contributed by atoms with E-state index in [0.29, 0.717) is 27.7 Å². The number of carbonyl (C=O) groups excluding carboxylic acids is 2. The minimum Gasteiger partial charge on any atom is -0.495 e. The van der Waals surface area contributed by atoms with Crippen molar-refractivity contribution in [3.63, 3.8) is 0 Å². The van der Waals surface area contributed by atoms with E-state index < -0.39 is 0 Å². The Morgan fingerprint density at radius 1 is 1.07 bits per heavy atom. The van der Waals surface area contributed by atoms with Crippen LogP contribution in [-0.2, 0) is 4.79 Å². The van der Waals surface area contributed by atoms with Crippen molar-refractivity contribution in [2.75, 3.05) is 17.7 Å². The summed E-state index contributed by atoms with van der Waals surface area (Å²) in [5.74, 6) is 0.275. The molecule has 2 amide bonds. The van der Waals surface area contributed by atoms with Crippen molar-refractivity contribution in [2.45, 2.75) is 32.6 Å². The number of methoxy groups -OCH3 is 1. The molecule has 0 aliphatic heterocycles. The molecule has 1 aliphatic rings. The van der Waals surface area contributed by atoms with Gasteiger partial charge in [0.15, 0.2) is 0 Å². The molecule has 3 rings (SSSR count). The van der Waals surface area contributed by atoms with Crippen LogP contribution in [0.15, 0.2) is 36.4 Å². The van der Waals surface area contributed by atoms with Gasteiger partial charge in [-0.2, -0.15) is 0 Å². The molecule has 6 heteroatoms. The molecule has 0 heterocycles. The van der Waals surface area contributed by atoms with E-state index in [-0.39, 0.29) is 17.7 Å². The zero-order chi connectivity index (χ0) is 19.4. The van der Waals surface area contributed by atoms with Gasteiger partial charge in [0.1, 0.15) is 5.75 Å². The zero-order valence-corrected chi connectivity index (χ0v) is 16.2. The molecule has 0 unspecified atom stereocenters. The van der Waals surface area contributed by atoms with Crippen molar-refractivity contribution in [2.24, 2.45) is 5.92 Å². The highest BCUT2D eigenvalue weighted by molar-refractivity contribution is 6.31. The number of hydrogen-bond donors (Lipinski definition) is 2. The summed E-state index contributed by atoms with van der Waals surface area (Å²) in [6.07, 6.45) is 3.98. The molecule has 0 radical (unpaired) electrons. The van der Waals surface area contributed by atoms with Gasteiger partial charge >= 0.3 is 0 Å². The highest BCUT2D eigenvalue weighted by Gasteiger charge is 2.23. The molecule has 0 aromatic heterocycles. The summed E-state index contributed by atoms with van der Waals surface area (Å²) in [6.45, 7) is 1.88. The number of hydrogen-bond acceptors (Lipinski definition) is 3. The van der Waals surface area contributed by atoms with Gasteiger partial charge in [-0.05, 0) is 61.7 Å². The third-order valence-corrected chi connectivity index (χ3v) is 5.29. The molecule has 0 saturated heterocycles. The second-order valence-electron chi connectivity index (χ2n) is 6.80. The fraction of sp³-hybridized carbons (Fsp3) is 0.333. The van der Waals surface area contributed by atoms with E-state index >= 15 is 0 Å². The fourth-order valence-electron chi connectivity index (χ4n) is 3.30. The normalized spacial score (nSPS) is 14.0. The lowest BCUT2D eigenvalue weighted by atomic mass is 10.1. The summed E-state index contributed by atoms with van der Waals surface area (Å²) in [5, 5.41) is 6.41. The lowest BCUT2D eigenvalue weighted by Gasteiger charge is -2.15. The average Bonchev–Trinajstić information content (AvgIpc) is 3.19. The Balaban J connectivity index is 1.77. The third-order valence-electron chi connectivity index (χ3n) is 4.86. The molecular formula is C21H23ClN2O3. The van der Waals surface area contributed by atoms with Crippen molar-refractivity contribution >= 4 is 34.8 Å². The third kappa shape index (κ3) is 4.61. The van der Waals surface area contributed by atoms with E-state index in [1.165, 1.54) is 7.11 Å². The quantitative estimate of drug-likeness (QED) is 0.756. The van der Waals surface area contributed by atoms with Crippen LogP contribution >= 0.6 is 11.6 Å². The SMILES string of the molecule is COc1ccc(C(=O)Nc2ccc(Cl)c(C)c2)cc1NC(=O)C1CCCC1. The zero-order valence-electron chi connectivity index (χ0n) is 15.5. The van der Waals surface area contributed by atoms with Crippen molar-refractivity contribution in [3.8, 4) is 5.75 Å². The maximum absolute atomic E-state index is 12.6. The number of halogens is 1. The molecule has 1 saturated carbocycles. The molecule has 0 atom stereocenters. The molecule has 142 valence electrons. The monoisotopic (exact) mass is 386 g/mol. The number of ether oxygens (including phenoxy) is 1. The fourth-order valence-corrected chi connectivity index (χ4v) is 3.41. The number of benzene rings is 2. The molecular weight excluding hydrogens is 364 g/mol. The molecule has 0 bridgehead atoms. The van der Waals surface area contributed by atoms with Gasteiger partial charge in [-0.3, -0.25) is 9.59 Å². The van der Waals surface area contributed by atoms with E-state index in [1.807, 2.05) is 13.0 Å². The number of carbonyl (C=O) groups is 2. The highest BCUT2D eigenvalue weighted by atomic mass is 35.5. The summed E-state index contributed by atoms with van der Waals surface area (Å²) >= 11 is 6.02. The van der Waals surface area contributed by atoms with Crippen molar-refractivity contribution in [3.05, 3.63) is 52.5 Å². The topological polar surface area (TPSA) is 67.4 Å². The van der Waals surface area contributed by atoms with Gasteiger partial charge < -0.3 is 15.4 Å². The molecule has 1 aliphatic carbocycles. The molecule has 2 aromatic carbocycles. The van der Waals surface area contributed by atoms with Crippen LogP contribution in [-0.4, -0.2) is 18.9 Å². The van der Waals surface area contributed by atoms with Crippen LogP contribution in [0, 0.1) is 12.8 Å². The largest absolute Gasteiger partial charge is 0.495 e. The average molecular weight is 387 g/mol. The Hall–Kier alpha value is -2.53. The highest BCUT2D eigenvalue weighted by Crippen LogP contribution is 2.30. The summed E-state index contributed by atoms with van der Waals surface area (Å²) in [5.41, 5.74) is 2.49. The first-order valence-corrected chi connectivity index (χ1v) is 9.42. The molecule has 2 aromatic rings. The van der Waals surface area contributed by atoms with Crippen molar-refractivity contribution < 1.29 is 14.3 Å². The summed E-state index contributed by atoms with van der Waals surface area (Å²) in [7, 11) is 1.54. The summed E-state index contributed by atoms with van der Waals surface area (Å²) < 4.78 is 5.33. The lowest BCUT2D eigenvalue weighted by molar-refractivity contribution is -0.119. The van der Waals surface area contributed by atoms with Gasteiger partial charge in [-0.25, -0.2) is 0 Å². The van der Waals surface area contributed by atoms with Gasteiger partial charge in [0.05, 0.1) is 12.8 Å². The van der Waals surface area contributed by atoms with Gasteiger partial charge in [0.25, 0.3) is 5.91 Å².